The summed E-state index contributed by atoms with van der Waals surface area (Å²) in [5, 5.41) is 11.5. The van der Waals surface area contributed by atoms with E-state index in [1.807, 2.05) is 34.8 Å². The molecular formula is C25H30N4O2S. The molecule has 0 bridgehead atoms. The van der Waals surface area contributed by atoms with Crippen LogP contribution in [-0.4, -0.2) is 46.9 Å². The van der Waals surface area contributed by atoms with Crippen LogP contribution in [0.15, 0.2) is 47.3 Å². The number of ether oxygens (including phenoxy) is 1. The number of aromatic nitrogens is 2. The van der Waals surface area contributed by atoms with Gasteiger partial charge in [-0.3, -0.25) is 14.4 Å². The minimum Gasteiger partial charge on any atom is -0.378 e. The number of carbonyl (C=O) groups is 1. The van der Waals surface area contributed by atoms with Gasteiger partial charge in [-0.15, -0.1) is 0 Å². The van der Waals surface area contributed by atoms with Crippen molar-refractivity contribution in [1.82, 2.24) is 20.0 Å². The first-order valence-electron chi connectivity index (χ1n) is 11.2. The lowest BCUT2D eigenvalue weighted by Gasteiger charge is -2.44. The fourth-order valence-electron chi connectivity index (χ4n) is 5.59. The van der Waals surface area contributed by atoms with E-state index in [0.717, 1.165) is 32.5 Å². The Bertz CT molecular complexity index is 1100. The predicted octanol–water partition coefficient (Wildman–Crippen LogP) is 3.82. The van der Waals surface area contributed by atoms with E-state index in [-0.39, 0.29) is 23.5 Å². The molecule has 7 heteroatoms. The van der Waals surface area contributed by atoms with Crippen LogP contribution >= 0.6 is 11.3 Å². The van der Waals surface area contributed by atoms with Gasteiger partial charge in [0.2, 0.25) is 0 Å². The van der Waals surface area contributed by atoms with E-state index in [4.69, 9.17) is 4.74 Å². The molecular weight excluding hydrogens is 420 g/mol. The normalized spacial score (nSPS) is 22.2. The maximum absolute atomic E-state index is 12.9. The van der Waals surface area contributed by atoms with Crippen LogP contribution in [-0.2, 0) is 23.7 Å². The van der Waals surface area contributed by atoms with Gasteiger partial charge in [0.1, 0.15) is 0 Å². The fourth-order valence-corrected chi connectivity index (χ4v) is 6.23. The van der Waals surface area contributed by atoms with E-state index in [1.54, 1.807) is 7.11 Å². The molecule has 0 saturated carbocycles. The average Bonchev–Trinajstić information content (AvgIpc) is 3.51. The number of nitrogens with one attached hydrogen (secondary N) is 1. The van der Waals surface area contributed by atoms with Crippen molar-refractivity contribution in [3.05, 3.63) is 75.2 Å². The number of carbonyl (C=O) groups excluding carboxylic acids is 1. The third kappa shape index (κ3) is 3.49. The highest BCUT2D eigenvalue weighted by atomic mass is 32.1. The lowest BCUT2D eigenvalue weighted by molar-refractivity contribution is -0.0122. The van der Waals surface area contributed by atoms with Crippen LogP contribution in [0.1, 0.15) is 51.6 Å². The zero-order valence-electron chi connectivity index (χ0n) is 18.9. The van der Waals surface area contributed by atoms with Crippen molar-refractivity contribution in [3.8, 4) is 0 Å². The Morgan fingerprint density at radius 2 is 2.06 bits per heavy atom. The summed E-state index contributed by atoms with van der Waals surface area (Å²) in [5.41, 5.74) is 5.67. The molecule has 3 aromatic rings. The first-order valence-corrected chi connectivity index (χ1v) is 12.1. The number of hydrogen-bond acceptors (Lipinski definition) is 5. The van der Waals surface area contributed by atoms with Gasteiger partial charge in [0.15, 0.2) is 0 Å². The number of aryl methyl sites for hydroxylation is 1. The maximum Gasteiger partial charge on any atom is 0.252 e. The van der Waals surface area contributed by atoms with Crippen molar-refractivity contribution < 1.29 is 9.53 Å². The van der Waals surface area contributed by atoms with Gasteiger partial charge in [0.05, 0.1) is 23.9 Å². The number of rotatable bonds is 5. The van der Waals surface area contributed by atoms with Crippen molar-refractivity contribution >= 4 is 17.2 Å². The number of methoxy groups -OCH3 is 1. The third-order valence-electron chi connectivity index (χ3n) is 7.48. The fraction of sp³-hybridized carbons (Fsp3) is 0.440. The first kappa shape index (κ1) is 21.4. The highest BCUT2D eigenvalue weighted by molar-refractivity contribution is 7.08. The monoisotopic (exact) mass is 450 g/mol. The van der Waals surface area contributed by atoms with Gasteiger partial charge in [0, 0.05) is 42.8 Å². The lowest BCUT2D eigenvalue weighted by atomic mass is 9.72. The summed E-state index contributed by atoms with van der Waals surface area (Å²) in [4.78, 5) is 15.4. The molecule has 168 valence electrons. The molecule has 2 atom stereocenters. The molecule has 2 aliphatic rings. The second-order valence-corrected chi connectivity index (χ2v) is 9.80. The Morgan fingerprint density at radius 3 is 2.72 bits per heavy atom. The molecule has 1 aromatic carbocycles. The Morgan fingerprint density at radius 1 is 1.28 bits per heavy atom. The van der Waals surface area contributed by atoms with Gasteiger partial charge in [-0.05, 0) is 55.4 Å². The highest BCUT2D eigenvalue weighted by Gasteiger charge is 2.54. The van der Waals surface area contributed by atoms with Gasteiger partial charge < -0.3 is 10.1 Å². The SMILES string of the molecule is CO[C@H]1[C@H](NC(=O)c2ccsc2)c2ccccc2C12CCN(Cc1cnn(C)c1C)CC2. The zero-order chi connectivity index (χ0) is 22.3. The van der Waals surface area contributed by atoms with Crippen molar-refractivity contribution in [2.75, 3.05) is 20.2 Å². The van der Waals surface area contributed by atoms with E-state index in [0.29, 0.717) is 5.56 Å². The summed E-state index contributed by atoms with van der Waals surface area (Å²) in [6.45, 7) is 5.04. The van der Waals surface area contributed by atoms with E-state index < -0.39 is 0 Å². The molecule has 1 spiro atoms. The minimum absolute atomic E-state index is 0.0327. The van der Waals surface area contributed by atoms with Gasteiger partial charge in [-0.2, -0.15) is 16.4 Å². The Balaban J connectivity index is 1.39. The van der Waals surface area contributed by atoms with E-state index in [2.05, 4.69) is 46.5 Å². The average molecular weight is 451 g/mol. The van der Waals surface area contributed by atoms with Crippen LogP contribution in [0, 0.1) is 6.92 Å². The maximum atomic E-state index is 12.9. The number of hydrogen-bond donors (Lipinski definition) is 1. The smallest absolute Gasteiger partial charge is 0.252 e. The van der Waals surface area contributed by atoms with Crippen molar-refractivity contribution in [2.45, 2.75) is 43.9 Å². The summed E-state index contributed by atoms with van der Waals surface area (Å²) >= 11 is 1.54. The van der Waals surface area contributed by atoms with Crippen LogP contribution < -0.4 is 5.32 Å². The summed E-state index contributed by atoms with van der Waals surface area (Å²) in [6.07, 6.45) is 3.92. The Labute approximate surface area is 193 Å². The molecule has 2 aromatic heterocycles. The van der Waals surface area contributed by atoms with E-state index >= 15 is 0 Å². The summed E-state index contributed by atoms with van der Waals surface area (Å²) in [6, 6.07) is 10.3. The van der Waals surface area contributed by atoms with Gasteiger partial charge in [-0.25, -0.2) is 0 Å². The van der Waals surface area contributed by atoms with Crippen LogP contribution in [0.4, 0.5) is 0 Å². The van der Waals surface area contributed by atoms with E-state index in [9.17, 15) is 4.79 Å². The second kappa shape index (κ2) is 8.46. The second-order valence-electron chi connectivity index (χ2n) is 9.02. The zero-order valence-corrected chi connectivity index (χ0v) is 19.7. The summed E-state index contributed by atoms with van der Waals surface area (Å²) in [5.74, 6) is -0.0327. The third-order valence-corrected chi connectivity index (χ3v) is 8.17. The Kier molecular flexibility index (Phi) is 5.65. The molecule has 1 amide bonds. The molecule has 32 heavy (non-hydrogen) atoms. The number of nitrogens with zero attached hydrogens (tertiary/aromatic N) is 3. The van der Waals surface area contributed by atoms with Gasteiger partial charge >= 0.3 is 0 Å². The number of benzene rings is 1. The molecule has 1 saturated heterocycles. The topological polar surface area (TPSA) is 59.4 Å². The largest absolute Gasteiger partial charge is 0.378 e. The summed E-state index contributed by atoms with van der Waals surface area (Å²) < 4.78 is 8.09. The van der Waals surface area contributed by atoms with Crippen LogP contribution in [0.5, 0.6) is 0 Å². The standard InChI is InChI=1S/C25H30N4O2S/c1-17-19(14-26-28(17)2)15-29-11-9-25(10-12-29)21-7-5-4-6-20(21)22(23(25)31-3)27-24(30)18-8-13-32-16-18/h4-8,13-14,16,22-23H,9-12,15H2,1-3H3,(H,27,30)/t22-,23+/m1/s1. The molecule has 3 heterocycles. The van der Waals surface area contributed by atoms with Gasteiger partial charge in [-0.1, -0.05) is 24.3 Å². The van der Waals surface area contributed by atoms with Gasteiger partial charge in [0.25, 0.3) is 5.91 Å². The number of amides is 1. The first-order chi connectivity index (χ1) is 15.5. The molecule has 1 aliphatic heterocycles. The van der Waals surface area contributed by atoms with Crippen molar-refractivity contribution in [1.29, 1.82) is 0 Å². The van der Waals surface area contributed by atoms with Crippen molar-refractivity contribution in [3.63, 3.8) is 0 Å². The number of fused-ring (bicyclic) bond motifs is 2. The van der Waals surface area contributed by atoms with Crippen LogP contribution in [0.25, 0.3) is 0 Å². The Hall–Kier alpha value is -2.48. The molecule has 1 fully saturated rings. The molecule has 0 radical (unpaired) electrons. The van der Waals surface area contributed by atoms with Crippen LogP contribution in [0.2, 0.25) is 0 Å². The molecule has 0 unspecified atom stereocenters. The summed E-state index contributed by atoms with van der Waals surface area (Å²) in [7, 11) is 3.78. The number of likely N-dealkylation sites (tertiary alicyclic amines) is 1. The van der Waals surface area contributed by atoms with Crippen LogP contribution in [0.3, 0.4) is 0 Å². The predicted molar refractivity (Wildman–Crippen MR) is 126 cm³/mol. The van der Waals surface area contributed by atoms with E-state index in [1.165, 1.54) is 33.7 Å². The van der Waals surface area contributed by atoms with Crippen molar-refractivity contribution in [2.24, 2.45) is 7.05 Å². The lowest BCUT2D eigenvalue weighted by Crippen LogP contribution is -2.50. The quantitative estimate of drug-likeness (QED) is 0.642. The number of piperidine rings is 1. The molecule has 6 nitrogen and oxygen atoms in total. The molecule has 5 rings (SSSR count). The highest BCUT2D eigenvalue weighted by Crippen LogP contribution is 2.52. The molecule has 1 aliphatic carbocycles. The number of thiophene rings is 1. The minimum atomic E-state index is -0.143. The molecule has 1 N–H and O–H groups in total.